The summed E-state index contributed by atoms with van der Waals surface area (Å²) >= 11 is 5.86. The normalized spacial score (nSPS) is 18.0. The van der Waals surface area contributed by atoms with E-state index in [0.717, 1.165) is 24.0 Å². The Morgan fingerprint density at radius 2 is 1.74 bits per heavy atom. The maximum atomic E-state index is 12.7. The third-order valence-electron chi connectivity index (χ3n) is 4.55. The van der Waals surface area contributed by atoms with Gasteiger partial charge in [-0.15, -0.1) is 0 Å². The van der Waals surface area contributed by atoms with E-state index in [2.05, 4.69) is 5.32 Å². The third-order valence-corrected chi connectivity index (χ3v) is 4.81. The molecule has 2 aromatic rings. The van der Waals surface area contributed by atoms with E-state index in [0.29, 0.717) is 5.02 Å². The standard InChI is InChI=1S/C19H20ClNO2/c1-13(17(22)14-7-9-16(20)10-8-14)21-18(23)19(11-12-19)15-5-3-2-4-6-15/h2-10,13,17,22H,11-12H2,1H3,(H,21,23). The molecule has 2 aromatic carbocycles. The van der Waals surface area contributed by atoms with Crippen LogP contribution in [0.25, 0.3) is 0 Å². The Bertz CT molecular complexity index is 680. The van der Waals surface area contributed by atoms with Gasteiger partial charge in [0.2, 0.25) is 5.91 Å². The van der Waals surface area contributed by atoms with Gasteiger partial charge >= 0.3 is 0 Å². The molecular formula is C19H20ClNO2. The molecule has 2 N–H and O–H groups in total. The fourth-order valence-electron chi connectivity index (χ4n) is 2.90. The largest absolute Gasteiger partial charge is 0.386 e. The molecular weight excluding hydrogens is 310 g/mol. The first-order valence-electron chi connectivity index (χ1n) is 7.83. The van der Waals surface area contributed by atoms with Crippen LogP contribution in [0.1, 0.15) is 37.0 Å². The van der Waals surface area contributed by atoms with Gasteiger partial charge < -0.3 is 10.4 Å². The number of amides is 1. The number of aliphatic hydroxyl groups excluding tert-OH is 1. The molecule has 0 aromatic heterocycles. The Morgan fingerprint density at radius 3 is 2.30 bits per heavy atom. The highest BCUT2D eigenvalue weighted by Gasteiger charge is 2.51. The minimum atomic E-state index is -0.761. The van der Waals surface area contributed by atoms with E-state index in [1.54, 1.807) is 24.3 Å². The lowest BCUT2D eigenvalue weighted by Crippen LogP contribution is -2.43. The van der Waals surface area contributed by atoms with Gasteiger partial charge in [-0.25, -0.2) is 0 Å². The number of hydrogen-bond donors (Lipinski definition) is 2. The molecule has 0 radical (unpaired) electrons. The van der Waals surface area contributed by atoms with Gasteiger partial charge in [-0.1, -0.05) is 54.1 Å². The van der Waals surface area contributed by atoms with Crippen LogP contribution in [0.3, 0.4) is 0 Å². The fourth-order valence-corrected chi connectivity index (χ4v) is 3.03. The first kappa shape index (κ1) is 16.0. The smallest absolute Gasteiger partial charge is 0.230 e. The number of rotatable bonds is 5. The summed E-state index contributed by atoms with van der Waals surface area (Å²) in [5, 5.41) is 14.0. The number of aliphatic hydroxyl groups is 1. The molecule has 4 heteroatoms. The van der Waals surface area contributed by atoms with E-state index in [1.807, 2.05) is 37.3 Å². The molecule has 1 amide bonds. The van der Waals surface area contributed by atoms with Gasteiger partial charge in [0.15, 0.2) is 0 Å². The summed E-state index contributed by atoms with van der Waals surface area (Å²) in [6.07, 6.45) is 0.946. The highest BCUT2D eigenvalue weighted by molar-refractivity contribution is 6.30. The molecule has 1 aliphatic rings. The van der Waals surface area contributed by atoms with Crippen LogP contribution < -0.4 is 5.32 Å². The highest BCUT2D eigenvalue weighted by Crippen LogP contribution is 2.48. The quantitative estimate of drug-likeness (QED) is 0.880. The molecule has 3 rings (SSSR count). The lowest BCUT2D eigenvalue weighted by atomic mass is 9.94. The van der Waals surface area contributed by atoms with Crippen molar-refractivity contribution >= 4 is 17.5 Å². The monoisotopic (exact) mass is 329 g/mol. The highest BCUT2D eigenvalue weighted by atomic mass is 35.5. The first-order valence-corrected chi connectivity index (χ1v) is 8.21. The predicted molar refractivity (Wildman–Crippen MR) is 91.4 cm³/mol. The van der Waals surface area contributed by atoms with Gasteiger partial charge in [-0.3, -0.25) is 4.79 Å². The number of carbonyl (C=O) groups is 1. The van der Waals surface area contributed by atoms with Gasteiger partial charge in [0.25, 0.3) is 0 Å². The number of carbonyl (C=O) groups excluding carboxylic acids is 1. The van der Waals surface area contributed by atoms with Crippen LogP contribution >= 0.6 is 11.6 Å². The zero-order valence-corrected chi connectivity index (χ0v) is 13.8. The van der Waals surface area contributed by atoms with Gasteiger partial charge in [0, 0.05) is 5.02 Å². The predicted octanol–water partition coefficient (Wildman–Crippen LogP) is 3.61. The zero-order valence-electron chi connectivity index (χ0n) is 13.0. The Morgan fingerprint density at radius 1 is 1.13 bits per heavy atom. The summed E-state index contributed by atoms with van der Waals surface area (Å²) in [5.41, 5.74) is 1.37. The van der Waals surface area contributed by atoms with Crippen LogP contribution in [0.4, 0.5) is 0 Å². The molecule has 0 heterocycles. The number of nitrogens with one attached hydrogen (secondary N) is 1. The molecule has 0 bridgehead atoms. The first-order chi connectivity index (χ1) is 11.0. The average molecular weight is 330 g/mol. The SMILES string of the molecule is CC(NC(=O)C1(c2ccccc2)CC1)C(O)c1ccc(Cl)cc1. The summed E-state index contributed by atoms with van der Waals surface area (Å²) in [6.45, 7) is 1.82. The van der Waals surface area contributed by atoms with Crippen molar-refractivity contribution in [3.63, 3.8) is 0 Å². The molecule has 2 unspecified atom stereocenters. The van der Waals surface area contributed by atoms with Crippen LogP contribution in [0.5, 0.6) is 0 Å². The Balaban J connectivity index is 1.69. The molecule has 23 heavy (non-hydrogen) atoms. The van der Waals surface area contributed by atoms with Crippen LogP contribution in [0.15, 0.2) is 54.6 Å². The summed E-state index contributed by atoms with van der Waals surface area (Å²) < 4.78 is 0. The Labute approximate surface area is 141 Å². The van der Waals surface area contributed by atoms with Crippen LogP contribution in [-0.4, -0.2) is 17.1 Å². The average Bonchev–Trinajstić information content (AvgIpc) is 3.37. The molecule has 0 spiro atoms. The topological polar surface area (TPSA) is 49.3 Å². The van der Waals surface area contributed by atoms with E-state index in [1.165, 1.54) is 0 Å². The van der Waals surface area contributed by atoms with Crippen molar-refractivity contribution in [2.45, 2.75) is 37.3 Å². The van der Waals surface area contributed by atoms with Gasteiger partial charge in [0.05, 0.1) is 17.6 Å². The van der Waals surface area contributed by atoms with Crippen molar-refractivity contribution in [2.24, 2.45) is 0 Å². The molecule has 120 valence electrons. The molecule has 3 nitrogen and oxygen atoms in total. The van der Waals surface area contributed by atoms with Crippen molar-refractivity contribution in [1.82, 2.24) is 5.32 Å². The van der Waals surface area contributed by atoms with E-state index in [4.69, 9.17) is 11.6 Å². The Hall–Kier alpha value is -1.84. The minimum Gasteiger partial charge on any atom is -0.386 e. The fraction of sp³-hybridized carbons (Fsp3) is 0.316. The van der Waals surface area contributed by atoms with Crippen molar-refractivity contribution in [2.75, 3.05) is 0 Å². The number of halogens is 1. The maximum absolute atomic E-state index is 12.7. The van der Waals surface area contributed by atoms with E-state index in [-0.39, 0.29) is 11.9 Å². The lowest BCUT2D eigenvalue weighted by Gasteiger charge is -2.24. The molecule has 1 fully saturated rings. The second-order valence-corrected chi connectivity index (χ2v) is 6.64. The van der Waals surface area contributed by atoms with Gasteiger partial charge in [-0.05, 0) is 43.0 Å². The molecule has 1 saturated carbocycles. The summed E-state index contributed by atoms with van der Waals surface area (Å²) in [7, 11) is 0. The van der Waals surface area contributed by atoms with E-state index >= 15 is 0 Å². The van der Waals surface area contributed by atoms with Crippen LogP contribution in [0.2, 0.25) is 5.02 Å². The third kappa shape index (κ3) is 3.26. The lowest BCUT2D eigenvalue weighted by molar-refractivity contribution is -0.125. The number of hydrogen-bond acceptors (Lipinski definition) is 2. The zero-order chi connectivity index (χ0) is 16.4. The van der Waals surface area contributed by atoms with E-state index in [9.17, 15) is 9.90 Å². The molecule has 0 saturated heterocycles. The molecule has 2 atom stereocenters. The van der Waals surface area contributed by atoms with Gasteiger partial charge in [0.1, 0.15) is 0 Å². The van der Waals surface area contributed by atoms with Crippen LogP contribution in [-0.2, 0) is 10.2 Å². The molecule has 1 aliphatic carbocycles. The van der Waals surface area contributed by atoms with Crippen molar-refractivity contribution in [3.8, 4) is 0 Å². The second kappa shape index (κ2) is 6.34. The van der Waals surface area contributed by atoms with E-state index < -0.39 is 11.5 Å². The van der Waals surface area contributed by atoms with Crippen molar-refractivity contribution < 1.29 is 9.90 Å². The summed E-state index contributed by atoms with van der Waals surface area (Å²) in [6, 6.07) is 16.5. The summed E-state index contributed by atoms with van der Waals surface area (Å²) in [4.78, 5) is 12.7. The van der Waals surface area contributed by atoms with Crippen molar-refractivity contribution in [3.05, 3.63) is 70.7 Å². The van der Waals surface area contributed by atoms with Crippen molar-refractivity contribution in [1.29, 1.82) is 0 Å². The second-order valence-electron chi connectivity index (χ2n) is 6.21. The maximum Gasteiger partial charge on any atom is 0.230 e. The summed E-state index contributed by atoms with van der Waals surface area (Å²) in [5.74, 6) is -0.00999. The van der Waals surface area contributed by atoms with Gasteiger partial charge in [-0.2, -0.15) is 0 Å². The van der Waals surface area contributed by atoms with Crippen LogP contribution in [0, 0.1) is 0 Å². The molecule has 0 aliphatic heterocycles. The number of benzene rings is 2. The minimum absolute atomic E-state index is 0.00999. The Kier molecular flexibility index (Phi) is 4.42.